The predicted octanol–water partition coefficient (Wildman–Crippen LogP) is 6.60. The summed E-state index contributed by atoms with van der Waals surface area (Å²) in [5.41, 5.74) is 4.80. The van der Waals surface area contributed by atoms with E-state index in [1.807, 2.05) is 84.9 Å². The van der Waals surface area contributed by atoms with Gasteiger partial charge in [0.1, 0.15) is 4.90 Å². The molecule has 5 aromatic rings. The molecule has 0 saturated carbocycles. The molecule has 0 unspecified atom stereocenters. The van der Waals surface area contributed by atoms with Crippen molar-refractivity contribution in [3.05, 3.63) is 103 Å². The second kappa shape index (κ2) is 9.10. The smallest absolute Gasteiger partial charge is 0.296 e. The number of nitrogens with zero attached hydrogens (tertiary/aromatic N) is 1. The molecule has 5 aromatic carbocycles. The fourth-order valence-corrected chi connectivity index (χ4v) is 6.04. The van der Waals surface area contributed by atoms with Crippen molar-refractivity contribution >= 4 is 70.8 Å². The molecule has 1 heterocycles. The van der Waals surface area contributed by atoms with Crippen LogP contribution < -0.4 is 15.5 Å². The zero-order chi connectivity index (χ0) is 27.4. The average molecular weight is 560 g/mol. The molecule has 9 nitrogen and oxygen atoms in total. The van der Waals surface area contributed by atoms with Crippen LogP contribution in [0.2, 0.25) is 0 Å². The Kier molecular flexibility index (Phi) is 5.81. The van der Waals surface area contributed by atoms with Gasteiger partial charge in [-0.15, -0.1) is 0 Å². The highest BCUT2D eigenvalue weighted by atomic mass is 32.2. The van der Waals surface area contributed by atoms with E-state index in [0.717, 1.165) is 45.3 Å². The number of hydrogen-bond donors (Lipinski definition) is 4. The van der Waals surface area contributed by atoms with Crippen molar-refractivity contribution < 1.29 is 25.9 Å². The molecule has 1 aliphatic rings. The molecule has 39 heavy (non-hydrogen) atoms. The van der Waals surface area contributed by atoms with Gasteiger partial charge in [-0.05, 0) is 48.5 Å². The topological polar surface area (TPSA) is 136 Å². The first kappa shape index (κ1) is 24.9. The third-order valence-corrected chi connectivity index (χ3v) is 8.23. The third kappa shape index (κ3) is 4.47. The van der Waals surface area contributed by atoms with Crippen molar-refractivity contribution in [1.29, 1.82) is 0 Å². The van der Waals surface area contributed by atoms with E-state index in [2.05, 4.69) is 15.5 Å². The van der Waals surface area contributed by atoms with Gasteiger partial charge in [0, 0.05) is 22.1 Å². The largest absolute Gasteiger partial charge is 0.354 e. The molecule has 1 aliphatic heterocycles. The summed E-state index contributed by atoms with van der Waals surface area (Å²) in [6.07, 6.45) is 0. The molecule has 0 aliphatic carbocycles. The summed E-state index contributed by atoms with van der Waals surface area (Å²) in [7, 11) is -9.57. The number of anilines is 7. The summed E-state index contributed by atoms with van der Waals surface area (Å²) in [5.74, 6) is 0. The minimum Gasteiger partial charge on any atom is -0.354 e. The second-order valence-electron chi connectivity index (χ2n) is 8.91. The van der Waals surface area contributed by atoms with Crippen molar-refractivity contribution in [3.8, 4) is 0 Å². The van der Waals surface area contributed by atoms with Gasteiger partial charge in [-0.1, -0.05) is 54.6 Å². The van der Waals surface area contributed by atoms with Crippen molar-refractivity contribution in [1.82, 2.24) is 0 Å². The maximum Gasteiger partial charge on any atom is 0.296 e. The zero-order valence-electron chi connectivity index (χ0n) is 20.1. The van der Waals surface area contributed by atoms with Crippen LogP contribution in [0.1, 0.15) is 0 Å². The molecule has 0 saturated heterocycles. The Bertz CT molecular complexity index is 1980. The third-order valence-electron chi connectivity index (χ3n) is 6.48. The molecule has 196 valence electrons. The lowest BCUT2D eigenvalue weighted by Gasteiger charge is -2.35. The minimum absolute atomic E-state index is 0.0644. The summed E-state index contributed by atoms with van der Waals surface area (Å²) in [5, 5.41) is 8.20. The molecule has 0 amide bonds. The van der Waals surface area contributed by atoms with Crippen LogP contribution >= 0.6 is 0 Å². The number of hydrogen-bond acceptors (Lipinski definition) is 7. The van der Waals surface area contributed by atoms with Crippen molar-refractivity contribution in [3.63, 3.8) is 0 Å². The van der Waals surface area contributed by atoms with E-state index >= 15 is 0 Å². The Morgan fingerprint density at radius 1 is 0.641 bits per heavy atom. The highest BCUT2D eigenvalue weighted by Gasteiger charge is 2.27. The minimum atomic E-state index is -4.86. The Morgan fingerprint density at radius 3 is 2.03 bits per heavy atom. The molecule has 0 spiro atoms. The summed E-state index contributed by atoms with van der Waals surface area (Å²) in [6.45, 7) is 0. The van der Waals surface area contributed by atoms with Gasteiger partial charge in [-0.25, -0.2) is 0 Å². The van der Waals surface area contributed by atoms with Gasteiger partial charge in [-0.3, -0.25) is 9.11 Å². The molecule has 0 bridgehead atoms. The zero-order valence-corrected chi connectivity index (χ0v) is 21.7. The lowest BCUT2D eigenvalue weighted by molar-refractivity contribution is 0.481. The lowest BCUT2D eigenvalue weighted by Crippen LogP contribution is -2.18. The number of rotatable bonds is 5. The summed E-state index contributed by atoms with van der Waals surface area (Å²) in [4.78, 5) is 0.735. The Morgan fingerprint density at radius 2 is 1.31 bits per heavy atom. The van der Waals surface area contributed by atoms with Crippen LogP contribution in [0.3, 0.4) is 0 Å². The number of nitrogens with one attached hydrogen (secondary N) is 2. The Labute approximate surface area is 224 Å². The van der Waals surface area contributed by atoms with Gasteiger partial charge >= 0.3 is 0 Å². The van der Waals surface area contributed by atoms with E-state index in [1.54, 1.807) is 0 Å². The Balaban J connectivity index is 1.59. The highest BCUT2D eigenvalue weighted by molar-refractivity contribution is 7.86. The van der Waals surface area contributed by atoms with Crippen LogP contribution in [0.25, 0.3) is 10.8 Å². The second-order valence-corrected chi connectivity index (χ2v) is 11.7. The number of benzene rings is 5. The fraction of sp³-hybridized carbons (Fsp3) is 0. The molecule has 0 aromatic heterocycles. The van der Waals surface area contributed by atoms with E-state index in [9.17, 15) is 25.9 Å². The van der Waals surface area contributed by atoms with Crippen molar-refractivity contribution in [2.75, 3.05) is 15.5 Å². The standard InChI is InChI=1S/C28H21N3O6S2/c32-38(33,34)19-14-15-23(27(16-19)39(35,36)37)29-24-17-26-28(21-11-5-4-10-20(21)24)30-22-12-6-7-13-25(22)31(26)18-8-2-1-3-9-18/h1-17,29-30H,(H,32,33,34)(H,35,36,37). The predicted molar refractivity (Wildman–Crippen MR) is 151 cm³/mol. The van der Waals surface area contributed by atoms with Gasteiger partial charge in [0.2, 0.25) is 0 Å². The van der Waals surface area contributed by atoms with E-state index < -0.39 is 30.0 Å². The quantitative estimate of drug-likeness (QED) is 0.172. The first-order chi connectivity index (χ1) is 18.6. The summed E-state index contributed by atoms with van der Waals surface area (Å²) in [6, 6.07) is 30.0. The van der Waals surface area contributed by atoms with Crippen LogP contribution in [-0.2, 0) is 20.2 Å². The first-order valence-corrected chi connectivity index (χ1v) is 14.6. The fourth-order valence-electron chi connectivity index (χ4n) is 4.79. The van der Waals surface area contributed by atoms with Gasteiger partial charge in [0.05, 0.1) is 33.3 Å². The van der Waals surface area contributed by atoms with Crippen LogP contribution in [0, 0.1) is 0 Å². The lowest BCUT2D eigenvalue weighted by atomic mass is 10.00. The molecule has 6 rings (SSSR count). The molecule has 0 fully saturated rings. The molecular weight excluding hydrogens is 538 g/mol. The van der Waals surface area contributed by atoms with Crippen LogP contribution in [0.15, 0.2) is 113 Å². The van der Waals surface area contributed by atoms with E-state index in [1.165, 1.54) is 6.07 Å². The molecular formula is C28H21N3O6S2. The normalized spacial score (nSPS) is 12.9. The molecule has 0 atom stereocenters. The average Bonchev–Trinajstić information content (AvgIpc) is 2.91. The molecule has 4 N–H and O–H groups in total. The van der Waals surface area contributed by atoms with E-state index in [4.69, 9.17) is 0 Å². The van der Waals surface area contributed by atoms with Gasteiger partial charge in [0.25, 0.3) is 20.2 Å². The van der Waals surface area contributed by atoms with Crippen molar-refractivity contribution in [2.45, 2.75) is 9.79 Å². The maximum absolute atomic E-state index is 12.2. The summed E-state index contributed by atoms with van der Waals surface area (Å²) >= 11 is 0. The van der Waals surface area contributed by atoms with Crippen molar-refractivity contribution in [2.24, 2.45) is 0 Å². The number of para-hydroxylation sites is 3. The molecule has 11 heteroatoms. The maximum atomic E-state index is 12.2. The van der Waals surface area contributed by atoms with Gasteiger partial charge in [-0.2, -0.15) is 16.8 Å². The van der Waals surface area contributed by atoms with E-state index in [-0.39, 0.29) is 5.69 Å². The summed E-state index contributed by atoms with van der Waals surface area (Å²) < 4.78 is 67.0. The van der Waals surface area contributed by atoms with Crippen LogP contribution in [-0.4, -0.2) is 25.9 Å². The monoisotopic (exact) mass is 559 g/mol. The first-order valence-electron chi connectivity index (χ1n) is 11.7. The van der Waals surface area contributed by atoms with Gasteiger partial charge < -0.3 is 15.5 Å². The highest BCUT2D eigenvalue weighted by Crippen LogP contribution is 2.52. The molecule has 0 radical (unpaired) electrons. The van der Waals surface area contributed by atoms with E-state index in [0.29, 0.717) is 11.8 Å². The Hall–Kier alpha value is -4.42. The van der Waals surface area contributed by atoms with Crippen LogP contribution in [0.5, 0.6) is 0 Å². The number of fused-ring (bicyclic) bond motifs is 4. The SMILES string of the molecule is O=S(=O)(O)c1ccc(Nc2cc3c(c4ccccc24)Nc2ccccc2N3c2ccccc2)c(S(=O)(=O)O)c1. The van der Waals surface area contributed by atoms with Crippen LogP contribution in [0.4, 0.5) is 39.8 Å². The van der Waals surface area contributed by atoms with Gasteiger partial charge in [0.15, 0.2) is 0 Å².